The van der Waals surface area contributed by atoms with E-state index in [-0.39, 0.29) is 18.3 Å². The van der Waals surface area contributed by atoms with Crippen LogP contribution in [-0.2, 0) is 20.8 Å². The van der Waals surface area contributed by atoms with E-state index in [1.54, 1.807) is 7.11 Å². The Kier molecular flexibility index (Phi) is 9.18. The number of rotatable bonds is 12. The maximum atomic E-state index is 6.25. The van der Waals surface area contributed by atoms with E-state index in [1.807, 2.05) is 55.5 Å². The molecule has 2 aromatic carbocycles. The molecule has 2 aromatic rings. The molecule has 4 heteroatoms. The van der Waals surface area contributed by atoms with Crippen molar-refractivity contribution in [3.8, 4) is 5.75 Å². The summed E-state index contributed by atoms with van der Waals surface area (Å²) >= 11 is 0. The molecule has 0 aliphatic heterocycles. The minimum absolute atomic E-state index is 0.160. The van der Waals surface area contributed by atoms with Gasteiger partial charge in [0.1, 0.15) is 11.9 Å². The molecule has 3 unspecified atom stereocenters. The maximum absolute atomic E-state index is 6.25. The van der Waals surface area contributed by atoms with E-state index in [2.05, 4.69) is 19.1 Å². The number of hydrogen-bond acceptors (Lipinski definition) is 4. The van der Waals surface area contributed by atoms with E-state index in [0.717, 1.165) is 17.7 Å². The molecule has 0 spiro atoms. The minimum Gasteiger partial charge on any atom is -0.485 e. The van der Waals surface area contributed by atoms with Crippen molar-refractivity contribution in [2.45, 2.75) is 45.2 Å². The lowest BCUT2D eigenvalue weighted by Crippen LogP contribution is -2.46. The van der Waals surface area contributed by atoms with E-state index < -0.39 is 0 Å². The van der Waals surface area contributed by atoms with Crippen LogP contribution in [0.1, 0.15) is 25.8 Å². The van der Waals surface area contributed by atoms with Crippen LogP contribution >= 0.6 is 0 Å². The van der Waals surface area contributed by atoms with Crippen molar-refractivity contribution in [2.75, 3.05) is 20.3 Å². The molecule has 4 nitrogen and oxygen atoms in total. The number of para-hydroxylation sites is 1. The molecular formula is C22H30O4. The Labute approximate surface area is 157 Å². The predicted molar refractivity (Wildman–Crippen MR) is 103 cm³/mol. The molecule has 0 N–H and O–H groups in total. The molecule has 0 radical (unpaired) electrons. The van der Waals surface area contributed by atoms with Gasteiger partial charge in [0, 0.05) is 13.7 Å². The zero-order valence-corrected chi connectivity index (χ0v) is 16.0. The summed E-state index contributed by atoms with van der Waals surface area (Å²) in [5, 5.41) is 0. The van der Waals surface area contributed by atoms with E-state index in [4.69, 9.17) is 18.9 Å². The fourth-order valence-corrected chi connectivity index (χ4v) is 2.70. The Balaban J connectivity index is 2.08. The molecule has 2 rings (SSSR count). The Morgan fingerprint density at radius 3 is 2.15 bits per heavy atom. The smallest absolute Gasteiger partial charge is 0.153 e. The first-order chi connectivity index (χ1) is 12.7. The Morgan fingerprint density at radius 2 is 1.54 bits per heavy atom. The van der Waals surface area contributed by atoms with Gasteiger partial charge in [-0.15, -0.1) is 0 Å². The second kappa shape index (κ2) is 11.7. The van der Waals surface area contributed by atoms with Gasteiger partial charge in [-0.2, -0.15) is 0 Å². The lowest BCUT2D eigenvalue weighted by Gasteiger charge is -2.32. The molecule has 0 heterocycles. The molecule has 0 bridgehead atoms. The highest BCUT2D eigenvalue weighted by atomic mass is 16.6. The zero-order chi connectivity index (χ0) is 18.6. The average Bonchev–Trinajstić information content (AvgIpc) is 2.69. The lowest BCUT2D eigenvalue weighted by atomic mass is 10.1. The summed E-state index contributed by atoms with van der Waals surface area (Å²) < 4.78 is 23.7. The summed E-state index contributed by atoms with van der Waals surface area (Å²) in [6.07, 6.45) is 0.309. The second-order valence-corrected chi connectivity index (χ2v) is 6.26. The van der Waals surface area contributed by atoms with Crippen molar-refractivity contribution < 1.29 is 18.9 Å². The van der Waals surface area contributed by atoms with E-state index in [9.17, 15) is 0 Å². The third-order valence-electron chi connectivity index (χ3n) is 4.07. The van der Waals surface area contributed by atoms with Gasteiger partial charge in [-0.05, 0) is 31.0 Å². The van der Waals surface area contributed by atoms with Crippen molar-refractivity contribution in [3.05, 3.63) is 66.2 Å². The Bertz CT molecular complexity index is 588. The quantitative estimate of drug-likeness (QED) is 0.560. The highest BCUT2D eigenvalue weighted by molar-refractivity contribution is 5.21. The fraction of sp³-hybridized carbons (Fsp3) is 0.455. The molecule has 0 aromatic heterocycles. The molecule has 142 valence electrons. The fourth-order valence-electron chi connectivity index (χ4n) is 2.70. The van der Waals surface area contributed by atoms with Gasteiger partial charge in [-0.25, -0.2) is 0 Å². The standard InChI is InChI=1S/C22H30O4/c1-4-15-24-21(17-23-3)22(26-20-13-9-6-10-14-20)18(2)25-16-19-11-7-5-8-12-19/h5-14,18,21-22H,4,15-17H2,1-3H3. The largest absolute Gasteiger partial charge is 0.485 e. The number of methoxy groups -OCH3 is 1. The van der Waals surface area contributed by atoms with Crippen LogP contribution in [0, 0.1) is 0 Å². The summed E-state index contributed by atoms with van der Waals surface area (Å²) in [7, 11) is 1.68. The molecule has 26 heavy (non-hydrogen) atoms. The predicted octanol–water partition coefficient (Wildman–Crippen LogP) is 4.48. The van der Waals surface area contributed by atoms with Gasteiger partial charge in [0.2, 0.25) is 0 Å². The lowest BCUT2D eigenvalue weighted by molar-refractivity contribution is -0.116. The Hall–Kier alpha value is -1.88. The van der Waals surface area contributed by atoms with Gasteiger partial charge in [0.05, 0.1) is 19.3 Å². The van der Waals surface area contributed by atoms with Crippen molar-refractivity contribution in [1.29, 1.82) is 0 Å². The highest BCUT2D eigenvalue weighted by Crippen LogP contribution is 2.19. The number of benzene rings is 2. The second-order valence-electron chi connectivity index (χ2n) is 6.26. The summed E-state index contributed by atoms with van der Waals surface area (Å²) in [6.45, 7) is 5.76. The van der Waals surface area contributed by atoms with Crippen LogP contribution in [0.5, 0.6) is 5.75 Å². The number of hydrogen-bond donors (Lipinski definition) is 0. The molecule has 0 aliphatic carbocycles. The van der Waals surface area contributed by atoms with Crippen LogP contribution in [0.4, 0.5) is 0 Å². The van der Waals surface area contributed by atoms with Crippen LogP contribution in [0.25, 0.3) is 0 Å². The summed E-state index contributed by atoms with van der Waals surface area (Å²) in [6, 6.07) is 19.9. The first kappa shape index (κ1) is 20.4. The normalized spacial score (nSPS) is 14.6. The summed E-state index contributed by atoms with van der Waals surface area (Å²) in [5.74, 6) is 0.800. The van der Waals surface area contributed by atoms with Crippen LogP contribution in [-0.4, -0.2) is 38.6 Å². The number of ether oxygens (including phenoxy) is 4. The van der Waals surface area contributed by atoms with Gasteiger partial charge < -0.3 is 18.9 Å². The molecule has 3 atom stereocenters. The van der Waals surface area contributed by atoms with Crippen LogP contribution < -0.4 is 4.74 Å². The molecule has 0 saturated heterocycles. The minimum atomic E-state index is -0.271. The van der Waals surface area contributed by atoms with Crippen LogP contribution in [0.3, 0.4) is 0 Å². The van der Waals surface area contributed by atoms with Gasteiger partial charge in [-0.1, -0.05) is 55.5 Å². The molecule has 0 saturated carbocycles. The van der Waals surface area contributed by atoms with E-state index in [0.29, 0.717) is 19.8 Å². The molecular weight excluding hydrogens is 328 g/mol. The van der Waals surface area contributed by atoms with Crippen LogP contribution in [0.2, 0.25) is 0 Å². The van der Waals surface area contributed by atoms with Gasteiger partial charge >= 0.3 is 0 Å². The van der Waals surface area contributed by atoms with Gasteiger partial charge in [0.25, 0.3) is 0 Å². The van der Waals surface area contributed by atoms with Gasteiger partial charge in [0.15, 0.2) is 6.10 Å². The topological polar surface area (TPSA) is 36.9 Å². The van der Waals surface area contributed by atoms with Crippen LogP contribution in [0.15, 0.2) is 60.7 Å². The Morgan fingerprint density at radius 1 is 0.885 bits per heavy atom. The monoisotopic (exact) mass is 358 g/mol. The molecule has 0 fully saturated rings. The first-order valence-corrected chi connectivity index (χ1v) is 9.22. The summed E-state index contributed by atoms with van der Waals surface area (Å²) in [4.78, 5) is 0. The third-order valence-corrected chi connectivity index (χ3v) is 4.07. The molecule has 0 amide bonds. The highest BCUT2D eigenvalue weighted by Gasteiger charge is 2.30. The van der Waals surface area contributed by atoms with E-state index in [1.165, 1.54) is 0 Å². The van der Waals surface area contributed by atoms with Crippen molar-refractivity contribution in [1.82, 2.24) is 0 Å². The van der Waals surface area contributed by atoms with E-state index >= 15 is 0 Å². The zero-order valence-electron chi connectivity index (χ0n) is 16.0. The van der Waals surface area contributed by atoms with Crippen molar-refractivity contribution in [3.63, 3.8) is 0 Å². The van der Waals surface area contributed by atoms with Gasteiger partial charge in [-0.3, -0.25) is 0 Å². The van der Waals surface area contributed by atoms with Crippen molar-refractivity contribution in [2.24, 2.45) is 0 Å². The maximum Gasteiger partial charge on any atom is 0.153 e. The SMILES string of the molecule is CCCOC(COC)C(Oc1ccccc1)C(C)OCc1ccccc1. The summed E-state index contributed by atoms with van der Waals surface area (Å²) in [5.41, 5.74) is 1.13. The molecule has 0 aliphatic rings. The first-order valence-electron chi connectivity index (χ1n) is 9.22. The average molecular weight is 358 g/mol. The van der Waals surface area contributed by atoms with Crippen molar-refractivity contribution >= 4 is 0 Å². The third kappa shape index (κ3) is 6.79.